The van der Waals surface area contributed by atoms with E-state index in [1.807, 2.05) is 4.98 Å². The number of nitrogens with zero attached hydrogens (tertiary/aromatic N) is 2. The zero-order chi connectivity index (χ0) is 6.85. The molecule has 0 unspecified atom stereocenters. The molecule has 0 radical (unpaired) electrons. The third-order valence-corrected chi connectivity index (χ3v) is 0.981. The van der Waals surface area contributed by atoms with E-state index >= 15 is 0 Å². The average molecular weight is 145 g/mol. The van der Waals surface area contributed by atoms with Crippen LogP contribution in [0.5, 0.6) is 0 Å². The average Bonchev–Trinajstić information content (AvgIpc) is 1.80. The van der Waals surface area contributed by atoms with E-state index in [0.29, 0.717) is 0 Å². The quantitative estimate of drug-likeness (QED) is 0.442. The number of thiol groups is 1. The number of aromatic amines is 1. The Morgan fingerprint density at radius 1 is 1.67 bits per heavy atom. The molecular weight excluding hydrogens is 142 g/mol. The first-order valence-corrected chi connectivity index (χ1v) is 2.48. The van der Waals surface area contributed by atoms with Gasteiger partial charge in [-0.05, 0) is 12.8 Å². The predicted octanol–water partition coefficient (Wildman–Crippen LogP) is -1.38. The lowest BCUT2D eigenvalue weighted by Gasteiger charge is -1.86. The number of aromatic nitrogens is 3. The Morgan fingerprint density at radius 3 is 2.78 bits per heavy atom. The van der Waals surface area contributed by atoms with Crippen molar-refractivity contribution in [2.24, 2.45) is 0 Å². The van der Waals surface area contributed by atoms with Crippen molar-refractivity contribution in [3.63, 3.8) is 0 Å². The molecule has 0 aromatic carbocycles. The number of hydrogen-bond acceptors (Lipinski definition) is 4. The summed E-state index contributed by atoms with van der Waals surface area (Å²) >= 11 is 3.57. The molecule has 0 amide bonds. The lowest BCUT2D eigenvalue weighted by molar-refractivity contribution is 0.842. The molecule has 0 saturated carbocycles. The molecule has 1 heterocycles. The van der Waals surface area contributed by atoms with Gasteiger partial charge >= 0.3 is 5.69 Å². The van der Waals surface area contributed by atoms with E-state index in [9.17, 15) is 9.59 Å². The number of hydrogen-bond donors (Lipinski definition) is 2. The normalized spacial score (nSPS) is 9.44. The van der Waals surface area contributed by atoms with Crippen LogP contribution in [0.15, 0.2) is 15.8 Å². The van der Waals surface area contributed by atoms with E-state index in [-0.39, 0.29) is 0 Å². The molecule has 1 aromatic heterocycles. The Morgan fingerprint density at radius 2 is 2.33 bits per heavy atom. The first kappa shape index (κ1) is 6.09. The fourth-order valence-corrected chi connectivity index (χ4v) is 0.449. The Hall–Kier alpha value is -1.04. The second-order valence-electron chi connectivity index (χ2n) is 1.33. The maximum atomic E-state index is 10.4. The van der Waals surface area contributed by atoms with E-state index in [2.05, 4.69) is 17.9 Å². The van der Waals surface area contributed by atoms with E-state index in [4.69, 9.17) is 0 Å². The molecule has 1 rings (SSSR count). The molecule has 0 spiro atoms. The molecule has 0 aliphatic carbocycles. The summed E-state index contributed by atoms with van der Waals surface area (Å²) in [6, 6.07) is 0. The monoisotopic (exact) mass is 145 g/mol. The van der Waals surface area contributed by atoms with E-state index in [1.54, 1.807) is 0 Å². The van der Waals surface area contributed by atoms with Gasteiger partial charge < -0.3 is 0 Å². The topological polar surface area (TPSA) is 67.8 Å². The van der Waals surface area contributed by atoms with Gasteiger partial charge in [0, 0.05) is 0 Å². The van der Waals surface area contributed by atoms with Gasteiger partial charge in [0.25, 0.3) is 5.56 Å². The summed E-state index contributed by atoms with van der Waals surface area (Å²) in [7, 11) is 0. The van der Waals surface area contributed by atoms with Gasteiger partial charge in [-0.1, -0.05) is 0 Å². The standard InChI is InChI=1S/C3H3N3O2S/c7-2-1-4-6(9)3(8)5-2/h1,9H,(H,5,7,8). The molecule has 5 nitrogen and oxygen atoms in total. The van der Waals surface area contributed by atoms with Gasteiger partial charge in [-0.3, -0.25) is 9.78 Å². The Bertz CT molecular complexity index is 313. The Kier molecular flexibility index (Phi) is 1.39. The fourth-order valence-electron chi connectivity index (χ4n) is 0.347. The number of rotatable bonds is 0. The molecular formula is C3H3N3O2S. The minimum absolute atomic E-state index is 0.523. The highest BCUT2D eigenvalue weighted by molar-refractivity contribution is 7.78. The van der Waals surface area contributed by atoms with E-state index in [1.165, 1.54) is 0 Å². The Balaban J connectivity index is 3.52. The first-order valence-electron chi connectivity index (χ1n) is 2.08. The number of nitrogens with one attached hydrogen (secondary N) is 1. The smallest absolute Gasteiger partial charge is 0.271 e. The SMILES string of the molecule is O=c1cnn(S)c(=O)[nH]1. The van der Waals surface area contributed by atoms with E-state index < -0.39 is 11.2 Å². The second-order valence-corrected chi connectivity index (χ2v) is 1.71. The summed E-state index contributed by atoms with van der Waals surface area (Å²) in [5.41, 5.74) is -1.16. The molecule has 48 valence electrons. The summed E-state index contributed by atoms with van der Waals surface area (Å²) in [6.45, 7) is 0. The highest BCUT2D eigenvalue weighted by Gasteiger charge is 1.88. The lowest BCUT2D eigenvalue weighted by atomic mass is 10.9. The van der Waals surface area contributed by atoms with Gasteiger partial charge in [-0.25, -0.2) is 4.79 Å². The Labute approximate surface area is 54.9 Å². The third-order valence-electron chi connectivity index (χ3n) is 0.696. The van der Waals surface area contributed by atoms with Crippen LogP contribution in [0.4, 0.5) is 0 Å². The highest BCUT2D eigenvalue weighted by atomic mass is 32.1. The van der Waals surface area contributed by atoms with Crippen molar-refractivity contribution in [1.82, 2.24) is 14.2 Å². The zero-order valence-corrected chi connectivity index (χ0v) is 5.13. The van der Waals surface area contributed by atoms with Crippen LogP contribution in [0.1, 0.15) is 0 Å². The summed E-state index contributed by atoms with van der Waals surface area (Å²) in [5, 5.41) is 3.30. The van der Waals surface area contributed by atoms with Gasteiger partial charge in [-0.15, -0.1) is 0 Å². The van der Waals surface area contributed by atoms with Crippen LogP contribution < -0.4 is 11.2 Å². The molecule has 0 fully saturated rings. The maximum absolute atomic E-state index is 10.4. The van der Waals surface area contributed by atoms with Crippen molar-refractivity contribution in [3.8, 4) is 0 Å². The van der Waals surface area contributed by atoms with Crippen molar-refractivity contribution in [3.05, 3.63) is 27.0 Å². The summed E-state index contributed by atoms with van der Waals surface area (Å²) in [4.78, 5) is 22.6. The molecule has 1 N–H and O–H groups in total. The van der Waals surface area contributed by atoms with E-state index in [0.717, 1.165) is 10.3 Å². The summed E-state index contributed by atoms with van der Waals surface area (Å²) in [6.07, 6.45) is 0.967. The molecule has 1 aromatic rings. The lowest BCUT2D eigenvalue weighted by Crippen LogP contribution is -2.26. The van der Waals surface area contributed by atoms with Gasteiger partial charge in [0.2, 0.25) is 0 Å². The van der Waals surface area contributed by atoms with Gasteiger partial charge in [0.05, 0.1) is 0 Å². The van der Waals surface area contributed by atoms with Crippen molar-refractivity contribution in [2.75, 3.05) is 0 Å². The number of H-pyrrole nitrogens is 1. The molecule has 0 aliphatic rings. The van der Waals surface area contributed by atoms with Gasteiger partial charge in [0.1, 0.15) is 6.20 Å². The van der Waals surface area contributed by atoms with Crippen LogP contribution in [-0.2, 0) is 0 Å². The molecule has 0 atom stereocenters. The minimum atomic E-state index is -0.633. The fraction of sp³-hybridized carbons (Fsp3) is 0. The minimum Gasteiger partial charge on any atom is -0.271 e. The first-order chi connectivity index (χ1) is 4.20. The third kappa shape index (κ3) is 1.20. The van der Waals surface area contributed by atoms with Crippen LogP contribution in [0.3, 0.4) is 0 Å². The summed E-state index contributed by atoms with van der Waals surface area (Å²) in [5.74, 6) is 0. The molecule has 9 heavy (non-hydrogen) atoms. The van der Waals surface area contributed by atoms with Crippen LogP contribution >= 0.6 is 12.8 Å². The molecule has 6 heteroatoms. The summed E-state index contributed by atoms with van der Waals surface area (Å²) < 4.78 is 0.737. The second kappa shape index (κ2) is 2.06. The van der Waals surface area contributed by atoms with Crippen molar-refractivity contribution in [1.29, 1.82) is 0 Å². The largest absolute Gasteiger partial charge is 0.355 e. The molecule has 0 bridgehead atoms. The predicted molar refractivity (Wildman–Crippen MR) is 33.5 cm³/mol. The maximum Gasteiger partial charge on any atom is 0.355 e. The van der Waals surface area contributed by atoms with Crippen LogP contribution in [0.2, 0.25) is 0 Å². The van der Waals surface area contributed by atoms with Gasteiger partial charge in [0.15, 0.2) is 0 Å². The highest BCUT2D eigenvalue weighted by Crippen LogP contribution is 1.64. The van der Waals surface area contributed by atoms with Gasteiger partial charge in [-0.2, -0.15) is 9.19 Å². The molecule has 0 aliphatic heterocycles. The van der Waals surface area contributed by atoms with Crippen LogP contribution in [0, 0.1) is 0 Å². The van der Waals surface area contributed by atoms with Crippen molar-refractivity contribution < 1.29 is 0 Å². The van der Waals surface area contributed by atoms with Crippen molar-refractivity contribution in [2.45, 2.75) is 0 Å². The molecule has 0 saturated heterocycles. The van der Waals surface area contributed by atoms with Crippen molar-refractivity contribution >= 4 is 12.8 Å². The van der Waals surface area contributed by atoms with Crippen LogP contribution in [0.25, 0.3) is 0 Å². The zero-order valence-electron chi connectivity index (χ0n) is 4.24. The van der Waals surface area contributed by atoms with Crippen LogP contribution in [-0.4, -0.2) is 14.2 Å².